The monoisotopic (exact) mass is 290 g/mol. The highest BCUT2D eigenvalue weighted by Gasteiger charge is 2.28. The second-order valence-corrected chi connectivity index (χ2v) is 6.20. The maximum atomic E-state index is 12.6. The average molecular weight is 290 g/mol. The summed E-state index contributed by atoms with van der Waals surface area (Å²) in [5, 5.41) is -0.184. The van der Waals surface area contributed by atoms with E-state index in [9.17, 15) is 9.00 Å². The maximum absolute atomic E-state index is 12.6. The molecule has 0 radical (unpaired) electrons. The van der Waals surface area contributed by atoms with Gasteiger partial charge in [-0.25, -0.2) is 0 Å². The van der Waals surface area contributed by atoms with Gasteiger partial charge in [-0.1, -0.05) is 54.6 Å². The van der Waals surface area contributed by atoms with E-state index in [0.29, 0.717) is 0 Å². The van der Waals surface area contributed by atoms with Gasteiger partial charge in [-0.3, -0.25) is 9.00 Å². The summed E-state index contributed by atoms with van der Waals surface area (Å²) in [5.74, 6) is -0.350. The van der Waals surface area contributed by atoms with Gasteiger partial charge >= 0.3 is 5.97 Å². The Kier molecular flexibility index (Phi) is 5.30. The molecule has 3 nitrogen and oxygen atoms in total. The van der Waals surface area contributed by atoms with Crippen LogP contribution in [0.5, 0.6) is 0 Å². The van der Waals surface area contributed by atoms with Crippen molar-refractivity contribution in [2.75, 3.05) is 12.9 Å². The van der Waals surface area contributed by atoms with Gasteiger partial charge in [-0.2, -0.15) is 0 Å². The maximum Gasteiger partial charge on any atom is 0.318 e. The predicted molar refractivity (Wildman–Crippen MR) is 80.6 cm³/mol. The minimum atomic E-state index is -1.30. The Hall–Kier alpha value is -1.68. The van der Waals surface area contributed by atoms with Crippen LogP contribution in [0.15, 0.2) is 54.6 Å². The zero-order valence-electron chi connectivity index (χ0n) is 11.4. The van der Waals surface area contributed by atoms with Gasteiger partial charge in [0.05, 0.1) is 12.4 Å². The highest BCUT2D eigenvalue weighted by molar-refractivity contribution is 7.86. The summed E-state index contributed by atoms with van der Waals surface area (Å²) in [7, 11) is 0.0238. The smallest absolute Gasteiger partial charge is 0.318 e. The van der Waals surface area contributed by atoms with Crippen LogP contribution in [0.1, 0.15) is 17.2 Å². The van der Waals surface area contributed by atoms with Crippen LogP contribution in [0.25, 0.3) is 0 Å². The molecule has 0 aromatic heterocycles. The molecule has 106 valence electrons. The van der Waals surface area contributed by atoms with Crippen LogP contribution in [0.3, 0.4) is 0 Å². The lowest BCUT2D eigenvalue weighted by Gasteiger charge is -2.24. The first-order valence-electron chi connectivity index (χ1n) is 6.54. The van der Waals surface area contributed by atoms with Crippen molar-refractivity contribution in [2.45, 2.75) is 11.7 Å². The standard InChI is InChI=1S/C16H18O3S/c1-19-15(17)12-20(18)16(13-8-4-2-5-9-13)14-10-6-3-7-11-14/h2-10,14,16H,11-12H2,1H3. The molecule has 0 spiro atoms. The van der Waals surface area contributed by atoms with Crippen molar-refractivity contribution in [2.24, 2.45) is 5.92 Å². The number of hydrogen-bond acceptors (Lipinski definition) is 3. The summed E-state index contributed by atoms with van der Waals surface area (Å²) in [6.07, 6.45) is 8.92. The molecule has 0 amide bonds. The molecule has 3 unspecified atom stereocenters. The van der Waals surface area contributed by atoms with E-state index in [1.54, 1.807) is 0 Å². The number of allylic oxidation sites excluding steroid dienone is 4. The first-order valence-corrected chi connectivity index (χ1v) is 7.93. The molecule has 0 saturated heterocycles. The van der Waals surface area contributed by atoms with Crippen molar-refractivity contribution in [3.05, 3.63) is 60.2 Å². The molecule has 1 aliphatic carbocycles. The Morgan fingerprint density at radius 3 is 2.70 bits per heavy atom. The van der Waals surface area contributed by atoms with Crippen molar-refractivity contribution < 1.29 is 13.7 Å². The lowest BCUT2D eigenvalue weighted by molar-refractivity contribution is -0.137. The van der Waals surface area contributed by atoms with Crippen LogP contribution >= 0.6 is 0 Å². The summed E-state index contributed by atoms with van der Waals surface area (Å²) >= 11 is 0. The van der Waals surface area contributed by atoms with Gasteiger partial charge in [-0.05, 0) is 17.9 Å². The average Bonchev–Trinajstić information content (AvgIpc) is 2.49. The third-order valence-electron chi connectivity index (χ3n) is 3.30. The van der Waals surface area contributed by atoms with Crippen molar-refractivity contribution in [1.82, 2.24) is 0 Å². The molecule has 0 heterocycles. The summed E-state index contributed by atoms with van der Waals surface area (Å²) < 4.78 is 17.2. The van der Waals surface area contributed by atoms with E-state index < -0.39 is 16.8 Å². The fourth-order valence-electron chi connectivity index (χ4n) is 2.33. The van der Waals surface area contributed by atoms with E-state index in [1.165, 1.54) is 7.11 Å². The van der Waals surface area contributed by atoms with Gasteiger partial charge in [0.15, 0.2) is 0 Å². The van der Waals surface area contributed by atoms with E-state index in [0.717, 1.165) is 12.0 Å². The molecule has 1 aliphatic rings. The predicted octanol–water partition coefficient (Wildman–Crippen LogP) is 2.78. The molecule has 0 saturated carbocycles. The molecule has 2 rings (SSSR count). The summed E-state index contributed by atoms with van der Waals surface area (Å²) in [6.45, 7) is 0. The highest BCUT2D eigenvalue weighted by Crippen LogP contribution is 2.33. The van der Waals surface area contributed by atoms with Crippen LogP contribution in [0, 0.1) is 5.92 Å². The van der Waals surface area contributed by atoms with E-state index >= 15 is 0 Å². The molecular formula is C16H18O3S. The molecule has 4 heteroatoms. The fraction of sp³-hybridized carbons (Fsp3) is 0.312. The number of methoxy groups -OCH3 is 1. The van der Waals surface area contributed by atoms with Crippen LogP contribution in [0.2, 0.25) is 0 Å². The first-order chi connectivity index (χ1) is 9.72. The number of carbonyl (C=O) groups is 1. The summed E-state index contributed by atoms with van der Waals surface area (Å²) in [4.78, 5) is 11.4. The number of carbonyl (C=O) groups excluding carboxylic acids is 1. The van der Waals surface area contributed by atoms with Crippen LogP contribution < -0.4 is 0 Å². The minimum Gasteiger partial charge on any atom is -0.468 e. The number of benzene rings is 1. The zero-order valence-corrected chi connectivity index (χ0v) is 12.2. The molecular weight excluding hydrogens is 272 g/mol. The zero-order chi connectivity index (χ0) is 14.4. The summed E-state index contributed by atoms with van der Waals surface area (Å²) in [6, 6.07) is 9.72. The molecule has 0 aliphatic heterocycles. The van der Waals surface area contributed by atoms with Crippen LogP contribution in [-0.2, 0) is 20.3 Å². The number of rotatable bonds is 5. The van der Waals surface area contributed by atoms with Gasteiger partial charge < -0.3 is 4.74 Å². The van der Waals surface area contributed by atoms with Crippen molar-refractivity contribution >= 4 is 16.8 Å². The van der Waals surface area contributed by atoms with Crippen molar-refractivity contribution in [1.29, 1.82) is 0 Å². The van der Waals surface area contributed by atoms with Gasteiger partial charge in [-0.15, -0.1) is 0 Å². The molecule has 0 bridgehead atoms. The number of ether oxygens (including phenoxy) is 1. The second kappa shape index (κ2) is 7.20. The van der Waals surface area contributed by atoms with Gasteiger partial charge in [0, 0.05) is 10.8 Å². The Balaban J connectivity index is 2.24. The van der Waals surface area contributed by atoms with Crippen LogP contribution in [0.4, 0.5) is 0 Å². The molecule has 20 heavy (non-hydrogen) atoms. The van der Waals surface area contributed by atoms with E-state index in [2.05, 4.69) is 16.9 Å². The lowest BCUT2D eigenvalue weighted by atomic mass is 9.92. The highest BCUT2D eigenvalue weighted by atomic mass is 32.2. The van der Waals surface area contributed by atoms with Crippen LogP contribution in [-0.4, -0.2) is 23.0 Å². The summed E-state index contributed by atoms with van der Waals surface area (Å²) in [5.41, 5.74) is 1.000. The minimum absolute atomic E-state index is 0.0654. The van der Waals surface area contributed by atoms with E-state index in [4.69, 9.17) is 0 Å². The first kappa shape index (κ1) is 14.7. The van der Waals surface area contributed by atoms with Gasteiger partial charge in [0.25, 0.3) is 0 Å². The number of esters is 1. The largest absolute Gasteiger partial charge is 0.468 e. The normalized spacial score (nSPS) is 20.4. The molecule has 0 fully saturated rings. The molecule has 1 aromatic carbocycles. The molecule has 1 aromatic rings. The fourth-order valence-corrected chi connectivity index (χ4v) is 3.91. The topological polar surface area (TPSA) is 43.4 Å². The van der Waals surface area contributed by atoms with Crippen molar-refractivity contribution in [3.8, 4) is 0 Å². The Labute approximate surface area is 121 Å². The third-order valence-corrected chi connectivity index (χ3v) is 5.01. The van der Waals surface area contributed by atoms with Gasteiger partial charge in [0.1, 0.15) is 5.75 Å². The molecule has 0 N–H and O–H groups in total. The van der Waals surface area contributed by atoms with E-state index in [-0.39, 0.29) is 16.9 Å². The van der Waals surface area contributed by atoms with E-state index in [1.807, 2.05) is 42.5 Å². The Morgan fingerprint density at radius 1 is 1.35 bits per heavy atom. The van der Waals surface area contributed by atoms with Crippen molar-refractivity contribution in [3.63, 3.8) is 0 Å². The Morgan fingerprint density at radius 2 is 2.10 bits per heavy atom. The quantitative estimate of drug-likeness (QED) is 0.783. The Bertz CT molecular complexity index is 534. The SMILES string of the molecule is COC(=O)CS(=O)C(c1ccccc1)C1C=CC=CC1. The second-order valence-electron chi connectivity index (χ2n) is 4.65. The lowest BCUT2D eigenvalue weighted by Crippen LogP contribution is -2.23. The van der Waals surface area contributed by atoms with Gasteiger partial charge in [0.2, 0.25) is 0 Å². The third kappa shape index (κ3) is 3.67. The molecule has 3 atom stereocenters. The number of hydrogen-bond donors (Lipinski definition) is 0.